The van der Waals surface area contributed by atoms with Crippen molar-refractivity contribution >= 4 is 21.8 Å². The second-order valence-electron chi connectivity index (χ2n) is 5.47. The van der Waals surface area contributed by atoms with Gasteiger partial charge in [0.25, 0.3) is 5.91 Å². The number of methoxy groups -OCH3 is 2. The highest BCUT2D eigenvalue weighted by atomic mass is 79.9. The number of carbonyl (C=O) groups is 1. The van der Waals surface area contributed by atoms with Gasteiger partial charge in [0, 0.05) is 12.1 Å². The zero-order chi connectivity index (χ0) is 18.2. The summed E-state index contributed by atoms with van der Waals surface area (Å²) < 4.78 is 16.9. The topological polar surface area (TPSA) is 56.8 Å². The Labute approximate surface area is 156 Å². The molecule has 0 atom stereocenters. The van der Waals surface area contributed by atoms with Crippen molar-refractivity contribution in [3.63, 3.8) is 0 Å². The Kier molecular flexibility index (Phi) is 7.13. The normalized spacial score (nSPS) is 10.2. The van der Waals surface area contributed by atoms with E-state index in [9.17, 15) is 4.79 Å². The van der Waals surface area contributed by atoms with E-state index in [0.29, 0.717) is 41.1 Å². The second kappa shape index (κ2) is 9.32. The van der Waals surface area contributed by atoms with Crippen molar-refractivity contribution in [1.29, 1.82) is 0 Å². The molecule has 0 saturated heterocycles. The van der Waals surface area contributed by atoms with Gasteiger partial charge in [-0.05, 0) is 59.1 Å². The van der Waals surface area contributed by atoms with E-state index in [4.69, 9.17) is 14.2 Å². The molecule has 5 nitrogen and oxygen atoms in total. The quantitative estimate of drug-likeness (QED) is 0.672. The Morgan fingerprint density at radius 3 is 2.40 bits per heavy atom. The zero-order valence-corrected chi connectivity index (χ0v) is 16.2. The van der Waals surface area contributed by atoms with Gasteiger partial charge < -0.3 is 19.5 Å². The second-order valence-corrected chi connectivity index (χ2v) is 6.26. The number of hydrogen-bond acceptors (Lipinski definition) is 4. The predicted molar refractivity (Wildman–Crippen MR) is 101 cm³/mol. The summed E-state index contributed by atoms with van der Waals surface area (Å²) in [7, 11) is 3.09. The summed E-state index contributed by atoms with van der Waals surface area (Å²) in [6.07, 6.45) is 0.713. The van der Waals surface area contributed by atoms with Crippen LogP contribution >= 0.6 is 15.9 Å². The van der Waals surface area contributed by atoms with Crippen LogP contribution in [-0.2, 0) is 0 Å². The van der Waals surface area contributed by atoms with E-state index in [1.807, 2.05) is 31.2 Å². The van der Waals surface area contributed by atoms with Crippen molar-refractivity contribution in [2.75, 3.05) is 27.4 Å². The lowest BCUT2D eigenvalue weighted by atomic mass is 10.2. The van der Waals surface area contributed by atoms with Crippen LogP contribution in [0.15, 0.2) is 40.9 Å². The van der Waals surface area contributed by atoms with Crippen LogP contribution in [0.25, 0.3) is 0 Å². The summed E-state index contributed by atoms with van der Waals surface area (Å²) in [5.41, 5.74) is 1.64. The molecule has 1 N–H and O–H groups in total. The highest BCUT2D eigenvalue weighted by Gasteiger charge is 2.14. The van der Waals surface area contributed by atoms with Crippen LogP contribution in [0.2, 0.25) is 0 Å². The number of carbonyl (C=O) groups excluding carboxylic acids is 1. The number of hydrogen-bond donors (Lipinski definition) is 1. The first kappa shape index (κ1) is 19.1. The van der Waals surface area contributed by atoms with Gasteiger partial charge in [-0.1, -0.05) is 12.1 Å². The van der Waals surface area contributed by atoms with E-state index in [0.717, 1.165) is 11.3 Å². The Bertz CT molecular complexity index is 708. The fraction of sp³-hybridized carbons (Fsp3) is 0.316. The zero-order valence-electron chi connectivity index (χ0n) is 14.6. The average molecular weight is 408 g/mol. The molecule has 134 valence electrons. The molecule has 0 heterocycles. The summed E-state index contributed by atoms with van der Waals surface area (Å²) in [5.74, 6) is 1.76. The van der Waals surface area contributed by atoms with Crippen molar-refractivity contribution < 1.29 is 19.0 Å². The van der Waals surface area contributed by atoms with E-state index in [-0.39, 0.29) is 5.91 Å². The number of amides is 1. The van der Waals surface area contributed by atoms with E-state index >= 15 is 0 Å². The largest absolute Gasteiger partial charge is 0.495 e. The van der Waals surface area contributed by atoms with Gasteiger partial charge in [0.1, 0.15) is 21.7 Å². The molecule has 0 unspecified atom stereocenters. The summed E-state index contributed by atoms with van der Waals surface area (Å²) in [4.78, 5) is 12.3. The summed E-state index contributed by atoms with van der Waals surface area (Å²) in [6, 6.07) is 11.2. The molecule has 2 aromatic carbocycles. The smallest absolute Gasteiger partial charge is 0.251 e. The third kappa shape index (κ3) is 5.39. The number of aryl methyl sites for hydroxylation is 1. The van der Waals surface area contributed by atoms with Crippen molar-refractivity contribution in [2.45, 2.75) is 13.3 Å². The van der Waals surface area contributed by atoms with Crippen LogP contribution < -0.4 is 19.5 Å². The molecule has 0 aliphatic carbocycles. The first-order valence-electron chi connectivity index (χ1n) is 7.94. The first-order valence-corrected chi connectivity index (χ1v) is 8.73. The lowest BCUT2D eigenvalue weighted by Gasteiger charge is -2.12. The number of halogens is 1. The monoisotopic (exact) mass is 407 g/mol. The van der Waals surface area contributed by atoms with Gasteiger partial charge in [-0.15, -0.1) is 0 Å². The molecule has 0 saturated carbocycles. The van der Waals surface area contributed by atoms with Crippen LogP contribution in [0, 0.1) is 6.92 Å². The Balaban J connectivity index is 1.84. The standard InChI is InChI=1S/C19H22BrNO4/c1-13-6-4-7-15(10-13)25-9-5-8-21-19(22)14-11-16(23-2)18(20)17(12-14)24-3/h4,6-7,10-12H,5,8-9H2,1-3H3,(H,21,22). The number of ether oxygens (including phenoxy) is 3. The van der Waals surface area contributed by atoms with E-state index in [1.54, 1.807) is 26.4 Å². The van der Waals surface area contributed by atoms with Crippen LogP contribution in [0.3, 0.4) is 0 Å². The highest BCUT2D eigenvalue weighted by Crippen LogP contribution is 2.35. The summed E-state index contributed by atoms with van der Waals surface area (Å²) >= 11 is 3.39. The van der Waals surface area contributed by atoms with Gasteiger partial charge in [-0.3, -0.25) is 4.79 Å². The first-order chi connectivity index (χ1) is 12.0. The molecule has 25 heavy (non-hydrogen) atoms. The van der Waals surface area contributed by atoms with Crippen molar-refractivity contribution in [2.24, 2.45) is 0 Å². The molecule has 0 aliphatic rings. The maximum atomic E-state index is 12.3. The number of benzene rings is 2. The van der Waals surface area contributed by atoms with Crippen molar-refractivity contribution in [3.05, 3.63) is 52.0 Å². The predicted octanol–water partition coefficient (Wildman–Crippen LogP) is 3.97. The highest BCUT2D eigenvalue weighted by molar-refractivity contribution is 9.10. The van der Waals surface area contributed by atoms with Gasteiger partial charge in [0.2, 0.25) is 0 Å². The van der Waals surface area contributed by atoms with Crippen molar-refractivity contribution in [3.8, 4) is 17.2 Å². The third-order valence-corrected chi connectivity index (χ3v) is 4.35. The van der Waals surface area contributed by atoms with Crippen LogP contribution in [0.5, 0.6) is 17.2 Å². The summed E-state index contributed by atoms with van der Waals surface area (Å²) in [5, 5.41) is 2.87. The molecular weight excluding hydrogens is 386 g/mol. The van der Waals surface area contributed by atoms with Crippen molar-refractivity contribution in [1.82, 2.24) is 5.32 Å². The lowest BCUT2D eigenvalue weighted by molar-refractivity contribution is 0.0951. The fourth-order valence-electron chi connectivity index (χ4n) is 2.27. The molecule has 6 heteroatoms. The summed E-state index contributed by atoms with van der Waals surface area (Å²) in [6.45, 7) is 3.08. The molecule has 0 spiro atoms. The average Bonchev–Trinajstić information content (AvgIpc) is 2.61. The molecule has 2 aromatic rings. The minimum atomic E-state index is -0.181. The fourth-order valence-corrected chi connectivity index (χ4v) is 2.82. The maximum absolute atomic E-state index is 12.3. The Morgan fingerprint density at radius 1 is 1.12 bits per heavy atom. The van der Waals surface area contributed by atoms with Crippen LogP contribution in [0.4, 0.5) is 0 Å². The third-order valence-electron chi connectivity index (χ3n) is 3.57. The maximum Gasteiger partial charge on any atom is 0.251 e. The van der Waals surface area contributed by atoms with Gasteiger partial charge in [0.15, 0.2) is 0 Å². The molecule has 0 radical (unpaired) electrons. The Hall–Kier alpha value is -2.21. The van der Waals surface area contributed by atoms with E-state index < -0.39 is 0 Å². The molecule has 0 aromatic heterocycles. The van der Waals surface area contributed by atoms with Gasteiger partial charge >= 0.3 is 0 Å². The van der Waals surface area contributed by atoms with Crippen LogP contribution in [0.1, 0.15) is 22.3 Å². The molecular formula is C19H22BrNO4. The van der Waals surface area contributed by atoms with Gasteiger partial charge in [0.05, 0.1) is 20.8 Å². The minimum absolute atomic E-state index is 0.181. The Morgan fingerprint density at radius 2 is 1.80 bits per heavy atom. The van der Waals surface area contributed by atoms with Gasteiger partial charge in [-0.2, -0.15) is 0 Å². The van der Waals surface area contributed by atoms with Crippen LogP contribution in [-0.4, -0.2) is 33.3 Å². The SMILES string of the molecule is COc1cc(C(=O)NCCCOc2cccc(C)c2)cc(OC)c1Br. The van der Waals surface area contributed by atoms with E-state index in [1.165, 1.54) is 0 Å². The molecule has 0 bridgehead atoms. The van der Waals surface area contributed by atoms with E-state index in [2.05, 4.69) is 21.2 Å². The molecule has 1 amide bonds. The molecule has 0 fully saturated rings. The lowest BCUT2D eigenvalue weighted by Crippen LogP contribution is -2.25. The van der Waals surface area contributed by atoms with Gasteiger partial charge in [-0.25, -0.2) is 0 Å². The molecule has 2 rings (SSSR count). The minimum Gasteiger partial charge on any atom is -0.495 e. The number of nitrogens with one attached hydrogen (secondary N) is 1. The molecule has 0 aliphatic heterocycles. The number of rotatable bonds is 8.